The molecule has 7 heteroatoms. The van der Waals surface area contributed by atoms with Gasteiger partial charge < -0.3 is 11.1 Å². The van der Waals surface area contributed by atoms with Crippen LogP contribution in [0.25, 0.3) is 0 Å². The van der Waals surface area contributed by atoms with Gasteiger partial charge in [-0.3, -0.25) is 0 Å². The second kappa shape index (κ2) is 5.20. The number of benzene rings is 1. The number of aromatic nitrogens is 3. The Bertz CT molecular complexity index is 639. The van der Waals surface area contributed by atoms with E-state index in [1.165, 1.54) is 18.2 Å². The van der Waals surface area contributed by atoms with Crippen molar-refractivity contribution >= 4 is 29.2 Å². The van der Waals surface area contributed by atoms with Crippen LogP contribution in [0.3, 0.4) is 0 Å². The molecule has 1 heterocycles. The molecule has 0 saturated carbocycles. The summed E-state index contributed by atoms with van der Waals surface area (Å²) in [6.45, 7) is 5.92. The zero-order valence-corrected chi connectivity index (χ0v) is 12.2. The van der Waals surface area contributed by atoms with Crippen molar-refractivity contribution in [3.8, 4) is 0 Å². The minimum absolute atomic E-state index is 0.0214. The van der Waals surface area contributed by atoms with E-state index in [1.54, 1.807) is 0 Å². The molecule has 20 heavy (non-hydrogen) atoms. The van der Waals surface area contributed by atoms with Gasteiger partial charge in [0.15, 0.2) is 0 Å². The molecule has 3 N–H and O–H groups in total. The Morgan fingerprint density at radius 2 is 1.90 bits per heavy atom. The fourth-order valence-corrected chi connectivity index (χ4v) is 1.67. The van der Waals surface area contributed by atoms with Gasteiger partial charge in [0.25, 0.3) is 0 Å². The second-order valence-corrected chi connectivity index (χ2v) is 5.75. The molecule has 0 saturated heterocycles. The molecule has 0 amide bonds. The van der Waals surface area contributed by atoms with Crippen molar-refractivity contribution < 1.29 is 4.39 Å². The quantitative estimate of drug-likeness (QED) is 0.889. The van der Waals surface area contributed by atoms with Crippen LogP contribution in [0.1, 0.15) is 26.6 Å². The number of hydrogen-bond donors (Lipinski definition) is 2. The van der Waals surface area contributed by atoms with Crippen LogP contribution in [0.5, 0.6) is 0 Å². The van der Waals surface area contributed by atoms with E-state index in [-0.39, 0.29) is 16.4 Å². The molecule has 0 unspecified atom stereocenters. The first-order valence-corrected chi connectivity index (χ1v) is 6.37. The monoisotopic (exact) mass is 295 g/mol. The summed E-state index contributed by atoms with van der Waals surface area (Å²) in [7, 11) is 0. The molecule has 1 aromatic carbocycles. The van der Waals surface area contributed by atoms with Gasteiger partial charge >= 0.3 is 0 Å². The van der Waals surface area contributed by atoms with Crippen LogP contribution in [0.15, 0.2) is 18.2 Å². The molecule has 0 atom stereocenters. The number of halogens is 2. The average molecular weight is 296 g/mol. The van der Waals surface area contributed by atoms with E-state index >= 15 is 0 Å². The summed E-state index contributed by atoms with van der Waals surface area (Å²) in [6.07, 6.45) is 0. The average Bonchev–Trinajstić information content (AvgIpc) is 2.32. The van der Waals surface area contributed by atoms with Crippen LogP contribution in [-0.2, 0) is 5.41 Å². The predicted molar refractivity (Wildman–Crippen MR) is 77.6 cm³/mol. The molecule has 0 radical (unpaired) electrons. The first-order valence-electron chi connectivity index (χ1n) is 6.00. The Labute approximate surface area is 121 Å². The van der Waals surface area contributed by atoms with Gasteiger partial charge in [-0.25, -0.2) is 4.39 Å². The molecule has 2 rings (SSSR count). The highest BCUT2D eigenvalue weighted by molar-refractivity contribution is 6.31. The van der Waals surface area contributed by atoms with Gasteiger partial charge in [-0.15, -0.1) is 0 Å². The van der Waals surface area contributed by atoms with Crippen molar-refractivity contribution in [2.45, 2.75) is 26.2 Å². The van der Waals surface area contributed by atoms with E-state index in [0.29, 0.717) is 17.5 Å². The van der Waals surface area contributed by atoms with Crippen molar-refractivity contribution in [3.05, 3.63) is 34.9 Å². The number of anilines is 3. The molecular weight excluding hydrogens is 281 g/mol. The fourth-order valence-electron chi connectivity index (χ4n) is 1.49. The number of nitrogens with zero attached hydrogens (tertiary/aromatic N) is 3. The Hall–Kier alpha value is -1.95. The zero-order valence-electron chi connectivity index (χ0n) is 11.4. The molecule has 0 aliphatic heterocycles. The summed E-state index contributed by atoms with van der Waals surface area (Å²) < 4.78 is 13.1. The standard InChI is InChI=1S/C13H15ClFN5/c1-13(2,3)10-18-11(16)20-12(19-10)17-7-4-5-9(15)8(14)6-7/h4-6H,1-3H3,(H3,16,17,18,19,20). The van der Waals surface area contributed by atoms with Crippen LogP contribution in [0.2, 0.25) is 5.02 Å². The molecule has 106 valence electrons. The van der Waals surface area contributed by atoms with Crippen LogP contribution < -0.4 is 11.1 Å². The summed E-state index contributed by atoms with van der Waals surface area (Å²) in [4.78, 5) is 12.4. The van der Waals surface area contributed by atoms with Crippen molar-refractivity contribution in [2.75, 3.05) is 11.1 Å². The molecule has 0 bridgehead atoms. The highest BCUT2D eigenvalue weighted by Crippen LogP contribution is 2.23. The topological polar surface area (TPSA) is 76.7 Å². The van der Waals surface area contributed by atoms with Gasteiger partial charge in [-0.2, -0.15) is 15.0 Å². The maximum absolute atomic E-state index is 13.1. The Kier molecular flexibility index (Phi) is 3.76. The summed E-state index contributed by atoms with van der Waals surface area (Å²) in [5.74, 6) is 0.509. The van der Waals surface area contributed by atoms with E-state index in [0.717, 1.165) is 0 Å². The Balaban J connectivity index is 2.33. The lowest BCUT2D eigenvalue weighted by molar-refractivity contribution is 0.544. The second-order valence-electron chi connectivity index (χ2n) is 5.34. The van der Waals surface area contributed by atoms with Crippen molar-refractivity contribution in [3.63, 3.8) is 0 Å². The van der Waals surface area contributed by atoms with Crippen molar-refractivity contribution in [1.29, 1.82) is 0 Å². The molecule has 0 aliphatic rings. The summed E-state index contributed by atoms with van der Waals surface area (Å²) in [5, 5.41) is 2.95. The van der Waals surface area contributed by atoms with Gasteiger partial charge in [0.2, 0.25) is 11.9 Å². The van der Waals surface area contributed by atoms with Crippen molar-refractivity contribution in [2.24, 2.45) is 0 Å². The maximum atomic E-state index is 13.1. The smallest absolute Gasteiger partial charge is 0.232 e. The first-order chi connectivity index (χ1) is 9.25. The Morgan fingerprint density at radius 3 is 2.50 bits per heavy atom. The third-order valence-electron chi connectivity index (χ3n) is 2.50. The van der Waals surface area contributed by atoms with Crippen molar-refractivity contribution in [1.82, 2.24) is 15.0 Å². The first kappa shape index (κ1) is 14.5. The lowest BCUT2D eigenvalue weighted by atomic mass is 9.96. The predicted octanol–water partition coefficient (Wildman–Crippen LogP) is 3.29. The minimum Gasteiger partial charge on any atom is -0.368 e. The van der Waals surface area contributed by atoms with Gasteiger partial charge in [0.05, 0.1) is 5.02 Å². The van der Waals surface area contributed by atoms with Gasteiger partial charge in [0, 0.05) is 11.1 Å². The SMILES string of the molecule is CC(C)(C)c1nc(N)nc(Nc2ccc(F)c(Cl)c2)n1. The Morgan fingerprint density at radius 1 is 1.20 bits per heavy atom. The number of hydrogen-bond acceptors (Lipinski definition) is 5. The van der Waals surface area contributed by atoms with Crippen LogP contribution in [-0.4, -0.2) is 15.0 Å². The summed E-state index contributed by atoms with van der Waals surface area (Å²) in [5.41, 5.74) is 5.99. The minimum atomic E-state index is -0.484. The number of nitrogens with one attached hydrogen (secondary N) is 1. The summed E-state index contributed by atoms with van der Waals surface area (Å²) in [6, 6.07) is 4.26. The van der Waals surface area contributed by atoms with E-state index < -0.39 is 5.82 Å². The third-order valence-corrected chi connectivity index (χ3v) is 2.79. The number of nitrogen functional groups attached to an aromatic ring is 1. The molecule has 0 spiro atoms. The largest absolute Gasteiger partial charge is 0.368 e. The van der Waals surface area contributed by atoms with Gasteiger partial charge in [-0.05, 0) is 18.2 Å². The highest BCUT2D eigenvalue weighted by atomic mass is 35.5. The van der Waals surface area contributed by atoms with Crippen LogP contribution >= 0.6 is 11.6 Å². The number of nitrogens with two attached hydrogens (primary N) is 1. The van der Waals surface area contributed by atoms with Gasteiger partial charge in [0.1, 0.15) is 11.6 Å². The van der Waals surface area contributed by atoms with Crippen LogP contribution in [0, 0.1) is 5.82 Å². The lowest BCUT2D eigenvalue weighted by Gasteiger charge is -2.17. The molecule has 1 aromatic heterocycles. The molecule has 0 aliphatic carbocycles. The highest BCUT2D eigenvalue weighted by Gasteiger charge is 2.19. The van der Waals surface area contributed by atoms with Crippen LogP contribution in [0.4, 0.5) is 22.0 Å². The molecule has 5 nitrogen and oxygen atoms in total. The lowest BCUT2D eigenvalue weighted by Crippen LogP contribution is -2.19. The number of rotatable bonds is 2. The molecular formula is C13H15ClFN5. The van der Waals surface area contributed by atoms with E-state index in [2.05, 4.69) is 20.3 Å². The summed E-state index contributed by atoms with van der Waals surface area (Å²) >= 11 is 5.72. The third kappa shape index (κ3) is 3.33. The fraction of sp³-hybridized carbons (Fsp3) is 0.308. The molecule has 2 aromatic rings. The molecule has 0 fully saturated rings. The normalized spacial score (nSPS) is 11.4. The van der Waals surface area contributed by atoms with E-state index in [4.69, 9.17) is 17.3 Å². The van der Waals surface area contributed by atoms with E-state index in [1.807, 2.05) is 20.8 Å². The van der Waals surface area contributed by atoms with E-state index in [9.17, 15) is 4.39 Å². The maximum Gasteiger partial charge on any atom is 0.232 e. The van der Waals surface area contributed by atoms with Gasteiger partial charge in [-0.1, -0.05) is 32.4 Å². The zero-order chi connectivity index (χ0) is 14.9.